The maximum Gasteiger partial charge on any atom is 0.335 e. The molecule has 1 aromatic heterocycles. The Morgan fingerprint density at radius 2 is 1.63 bits per heavy atom. The number of aromatic carboxylic acids is 1. The van der Waals surface area contributed by atoms with Crippen molar-refractivity contribution in [2.45, 2.75) is 31.7 Å². The zero-order chi connectivity index (χ0) is 24.5. The molecule has 1 fully saturated rings. The van der Waals surface area contributed by atoms with Gasteiger partial charge in [-0.25, -0.2) is 9.78 Å². The van der Waals surface area contributed by atoms with Gasteiger partial charge in [-0.05, 0) is 61.4 Å². The number of anilines is 1. The first kappa shape index (κ1) is 22.3. The largest absolute Gasteiger partial charge is 0.478 e. The molecule has 0 unspecified atom stereocenters. The first-order valence-electron chi connectivity index (χ1n) is 11.5. The van der Waals surface area contributed by atoms with Crippen LogP contribution in [0.1, 0.15) is 62.8 Å². The van der Waals surface area contributed by atoms with Crippen molar-refractivity contribution in [3.8, 4) is 11.4 Å². The van der Waals surface area contributed by atoms with Gasteiger partial charge in [-0.15, -0.1) is 0 Å². The molecule has 1 aliphatic rings. The Labute approximate surface area is 201 Å². The predicted molar refractivity (Wildman–Crippen MR) is 133 cm³/mol. The fourth-order valence-corrected chi connectivity index (χ4v) is 4.69. The molecule has 8 nitrogen and oxygen atoms in total. The highest BCUT2D eigenvalue weighted by Gasteiger charge is 2.24. The second-order valence-electron chi connectivity index (χ2n) is 8.73. The van der Waals surface area contributed by atoms with E-state index in [1.165, 1.54) is 6.07 Å². The lowest BCUT2D eigenvalue weighted by Gasteiger charge is -2.17. The number of benzene rings is 3. The van der Waals surface area contributed by atoms with Gasteiger partial charge in [0.1, 0.15) is 5.82 Å². The number of aromatic nitrogens is 2. The van der Waals surface area contributed by atoms with Gasteiger partial charge in [0.2, 0.25) is 5.91 Å². The zero-order valence-corrected chi connectivity index (χ0v) is 18.9. The molecule has 35 heavy (non-hydrogen) atoms. The van der Waals surface area contributed by atoms with Crippen molar-refractivity contribution in [3.05, 3.63) is 83.4 Å². The van der Waals surface area contributed by atoms with Crippen LogP contribution in [0.5, 0.6) is 0 Å². The van der Waals surface area contributed by atoms with Crippen molar-refractivity contribution in [3.63, 3.8) is 0 Å². The number of carbonyl (C=O) groups excluding carboxylic acids is 2. The van der Waals surface area contributed by atoms with E-state index in [9.17, 15) is 19.5 Å². The molecule has 4 aromatic rings. The van der Waals surface area contributed by atoms with Crippen molar-refractivity contribution in [2.75, 3.05) is 5.32 Å². The predicted octanol–water partition coefficient (Wildman–Crippen LogP) is 4.87. The molecule has 8 heteroatoms. The fourth-order valence-electron chi connectivity index (χ4n) is 4.69. The van der Waals surface area contributed by atoms with Gasteiger partial charge in [-0.1, -0.05) is 31.0 Å². The van der Waals surface area contributed by atoms with E-state index < -0.39 is 11.9 Å². The monoisotopic (exact) mass is 468 g/mol. The topological polar surface area (TPSA) is 127 Å². The molecular weight excluding hydrogens is 444 g/mol. The Morgan fingerprint density at radius 3 is 2.31 bits per heavy atom. The van der Waals surface area contributed by atoms with Crippen molar-refractivity contribution in [2.24, 2.45) is 5.73 Å². The Morgan fingerprint density at radius 1 is 0.914 bits per heavy atom. The highest BCUT2D eigenvalue weighted by molar-refractivity contribution is 6.05. The van der Waals surface area contributed by atoms with E-state index in [-0.39, 0.29) is 11.5 Å². The minimum atomic E-state index is -0.986. The highest BCUT2D eigenvalue weighted by Crippen LogP contribution is 2.37. The van der Waals surface area contributed by atoms with Gasteiger partial charge in [0.15, 0.2) is 0 Å². The maximum atomic E-state index is 12.8. The third-order valence-corrected chi connectivity index (χ3v) is 6.44. The van der Waals surface area contributed by atoms with Crippen LogP contribution in [0.15, 0.2) is 66.7 Å². The van der Waals surface area contributed by atoms with Crippen molar-refractivity contribution in [1.29, 1.82) is 0 Å². The first-order chi connectivity index (χ1) is 16.9. The van der Waals surface area contributed by atoms with E-state index in [0.717, 1.165) is 42.6 Å². The molecule has 0 radical (unpaired) electrons. The number of amides is 2. The fraction of sp³-hybridized carbons (Fsp3) is 0.185. The van der Waals surface area contributed by atoms with Crippen molar-refractivity contribution in [1.82, 2.24) is 9.55 Å². The summed E-state index contributed by atoms with van der Waals surface area (Å²) in [5.41, 5.74) is 9.16. The molecular formula is C27H24N4O4. The summed E-state index contributed by atoms with van der Waals surface area (Å²) in [5, 5.41) is 12.2. The number of carboxylic acid groups (broad SMARTS) is 1. The van der Waals surface area contributed by atoms with E-state index in [1.54, 1.807) is 42.5 Å². The standard InChI is InChI=1S/C27H24N4O4/c28-24(32)18-4-3-5-20(14-18)29-26(33)17-10-8-16(9-11-17)25-30-22-15-19(27(34)35)12-13-23(22)31(25)21-6-1-2-7-21/h3-5,8-15,21H,1-2,6-7H2,(H2,28,32)(H,29,33)(H,34,35). The molecule has 176 valence electrons. The average molecular weight is 469 g/mol. The number of fused-ring (bicyclic) bond motifs is 1. The third-order valence-electron chi connectivity index (χ3n) is 6.44. The Balaban J connectivity index is 1.47. The van der Waals surface area contributed by atoms with Gasteiger partial charge in [-0.3, -0.25) is 9.59 Å². The Bertz CT molecular complexity index is 1450. The second kappa shape index (κ2) is 9.06. The zero-order valence-electron chi connectivity index (χ0n) is 18.9. The molecule has 1 aliphatic carbocycles. The lowest BCUT2D eigenvalue weighted by Crippen LogP contribution is -2.14. The number of primary amides is 1. The van der Waals surface area contributed by atoms with E-state index >= 15 is 0 Å². The molecule has 0 bridgehead atoms. The van der Waals surface area contributed by atoms with Crippen LogP contribution >= 0.6 is 0 Å². The van der Waals surface area contributed by atoms with Crippen molar-refractivity contribution < 1.29 is 19.5 Å². The average Bonchev–Trinajstić information content (AvgIpc) is 3.51. The van der Waals surface area contributed by atoms with E-state index in [4.69, 9.17) is 10.7 Å². The summed E-state index contributed by atoms with van der Waals surface area (Å²) >= 11 is 0. The van der Waals surface area contributed by atoms with Gasteiger partial charge >= 0.3 is 5.97 Å². The molecule has 5 rings (SSSR count). The summed E-state index contributed by atoms with van der Waals surface area (Å²) in [7, 11) is 0. The molecule has 3 aromatic carbocycles. The molecule has 0 saturated heterocycles. The number of nitrogens with one attached hydrogen (secondary N) is 1. The number of hydrogen-bond donors (Lipinski definition) is 3. The molecule has 1 saturated carbocycles. The summed E-state index contributed by atoms with van der Waals surface area (Å²) in [6, 6.07) is 19.0. The van der Waals surface area contributed by atoms with Crippen LogP contribution in [0, 0.1) is 0 Å². The van der Waals surface area contributed by atoms with Crippen LogP contribution in [-0.4, -0.2) is 32.4 Å². The lowest BCUT2D eigenvalue weighted by atomic mass is 10.1. The SMILES string of the molecule is NC(=O)c1cccc(NC(=O)c2ccc(-c3nc4cc(C(=O)O)ccc4n3C3CCCC3)cc2)c1. The summed E-state index contributed by atoms with van der Waals surface area (Å²) in [5.74, 6) is -1.10. The van der Waals surface area contributed by atoms with E-state index in [2.05, 4.69) is 9.88 Å². The number of rotatable bonds is 6. The van der Waals surface area contributed by atoms with E-state index in [0.29, 0.717) is 28.4 Å². The number of nitrogens with two attached hydrogens (primary N) is 1. The number of nitrogens with zero attached hydrogens (tertiary/aromatic N) is 2. The summed E-state index contributed by atoms with van der Waals surface area (Å²) in [4.78, 5) is 40.4. The quantitative estimate of drug-likeness (QED) is 0.372. The number of carboxylic acids is 1. The van der Waals surface area contributed by atoms with Gasteiger partial charge < -0.3 is 20.7 Å². The highest BCUT2D eigenvalue weighted by atomic mass is 16.4. The van der Waals surface area contributed by atoms with Gasteiger partial charge in [0, 0.05) is 28.4 Å². The van der Waals surface area contributed by atoms with Crippen LogP contribution in [0.25, 0.3) is 22.4 Å². The van der Waals surface area contributed by atoms with Crippen LogP contribution in [0.2, 0.25) is 0 Å². The Hall–Kier alpha value is -4.46. The van der Waals surface area contributed by atoms with Crippen LogP contribution in [0.4, 0.5) is 5.69 Å². The number of hydrogen-bond acceptors (Lipinski definition) is 4. The molecule has 0 atom stereocenters. The van der Waals surface area contributed by atoms with E-state index in [1.807, 2.05) is 18.2 Å². The van der Waals surface area contributed by atoms with Gasteiger partial charge in [0.25, 0.3) is 5.91 Å². The summed E-state index contributed by atoms with van der Waals surface area (Å²) < 4.78 is 2.21. The van der Waals surface area contributed by atoms with Crippen molar-refractivity contribution >= 4 is 34.5 Å². The molecule has 0 aliphatic heterocycles. The molecule has 1 heterocycles. The Kier molecular flexibility index (Phi) is 5.78. The summed E-state index contributed by atoms with van der Waals surface area (Å²) in [6.45, 7) is 0. The molecule has 0 spiro atoms. The first-order valence-corrected chi connectivity index (χ1v) is 11.5. The normalized spacial score (nSPS) is 13.7. The lowest BCUT2D eigenvalue weighted by molar-refractivity contribution is 0.0696. The van der Waals surface area contributed by atoms with Crippen LogP contribution < -0.4 is 11.1 Å². The summed E-state index contributed by atoms with van der Waals surface area (Å²) in [6.07, 6.45) is 4.38. The van der Waals surface area contributed by atoms with Crippen LogP contribution in [0.3, 0.4) is 0 Å². The van der Waals surface area contributed by atoms with Gasteiger partial charge in [-0.2, -0.15) is 0 Å². The molecule has 2 amide bonds. The minimum Gasteiger partial charge on any atom is -0.478 e. The maximum absolute atomic E-state index is 12.8. The van der Waals surface area contributed by atoms with Crippen LogP contribution in [-0.2, 0) is 0 Å². The smallest absolute Gasteiger partial charge is 0.335 e. The number of imidazole rings is 1. The van der Waals surface area contributed by atoms with Gasteiger partial charge in [0.05, 0.1) is 16.6 Å². The third kappa shape index (κ3) is 4.38. The number of carbonyl (C=O) groups is 3. The molecule has 4 N–H and O–H groups in total. The second-order valence-corrected chi connectivity index (χ2v) is 8.73. The minimum absolute atomic E-state index is 0.201.